The van der Waals surface area contributed by atoms with Gasteiger partial charge in [0.1, 0.15) is 11.8 Å². The maximum absolute atomic E-state index is 12.3. The van der Waals surface area contributed by atoms with Gasteiger partial charge >= 0.3 is 12.1 Å². The average molecular weight is 398 g/mol. The van der Waals surface area contributed by atoms with Crippen molar-refractivity contribution in [2.45, 2.75) is 38.6 Å². The van der Waals surface area contributed by atoms with Crippen LogP contribution in [0.2, 0.25) is 0 Å². The van der Waals surface area contributed by atoms with Crippen LogP contribution in [0.15, 0.2) is 22.7 Å². The molecule has 0 fully saturated rings. The van der Waals surface area contributed by atoms with Crippen molar-refractivity contribution in [3.63, 3.8) is 0 Å². The molecule has 0 saturated heterocycles. The topological polar surface area (TPSA) is 75.6 Å². The van der Waals surface area contributed by atoms with E-state index in [0.717, 1.165) is 0 Å². The molecule has 0 bridgehead atoms. The molecule has 1 aromatic carbocycles. The fourth-order valence-corrected chi connectivity index (χ4v) is 2.18. The quantitative estimate of drug-likeness (QED) is 0.771. The van der Waals surface area contributed by atoms with E-state index in [1.54, 1.807) is 19.9 Å². The lowest BCUT2D eigenvalue weighted by atomic mass is 10.1. The highest BCUT2D eigenvalue weighted by molar-refractivity contribution is 9.10. The minimum absolute atomic E-state index is 0.0107. The fraction of sp³-hybridized carbons (Fsp3) is 0.429. The first-order valence-electron chi connectivity index (χ1n) is 6.55. The zero-order valence-electron chi connectivity index (χ0n) is 12.3. The van der Waals surface area contributed by atoms with E-state index in [1.165, 1.54) is 12.1 Å². The van der Waals surface area contributed by atoms with Crippen molar-refractivity contribution in [2.24, 2.45) is 0 Å². The Morgan fingerprint density at radius 2 is 1.91 bits per heavy atom. The van der Waals surface area contributed by atoms with E-state index < -0.39 is 30.5 Å². The molecule has 0 aliphatic rings. The van der Waals surface area contributed by atoms with Crippen molar-refractivity contribution in [1.82, 2.24) is 5.32 Å². The third kappa shape index (κ3) is 6.89. The molecule has 0 aliphatic heterocycles. The van der Waals surface area contributed by atoms with Crippen LogP contribution in [0, 0.1) is 0 Å². The lowest BCUT2D eigenvalue weighted by Gasteiger charge is -2.17. The molecule has 0 radical (unpaired) electrons. The molecule has 1 amide bonds. The van der Waals surface area contributed by atoms with Gasteiger partial charge < -0.3 is 15.2 Å². The summed E-state index contributed by atoms with van der Waals surface area (Å²) < 4.78 is 42.9. The Kier molecular flexibility index (Phi) is 6.43. The van der Waals surface area contributed by atoms with Crippen LogP contribution in [0.1, 0.15) is 30.6 Å². The van der Waals surface area contributed by atoms with Gasteiger partial charge in [0.25, 0.3) is 5.91 Å². The van der Waals surface area contributed by atoms with E-state index in [-0.39, 0.29) is 11.7 Å². The van der Waals surface area contributed by atoms with Crippen molar-refractivity contribution in [2.75, 3.05) is 0 Å². The number of hydrogen-bond acceptors (Lipinski definition) is 3. The van der Waals surface area contributed by atoms with Crippen LogP contribution in [0.3, 0.4) is 0 Å². The molecule has 1 unspecified atom stereocenters. The molecule has 23 heavy (non-hydrogen) atoms. The van der Waals surface area contributed by atoms with Crippen LogP contribution < -0.4 is 10.1 Å². The first-order chi connectivity index (χ1) is 10.5. The highest BCUT2D eigenvalue weighted by atomic mass is 79.9. The zero-order valence-corrected chi connectivity index (χ0v) is 13.9. The van der Waals surface area contributed by atoms with Crippen molar-refractivity contribution in [3.8, 4) is 5.75 Å². The van der Waals surface area contributed by atoms with E-state index in [2.05, 4.69) is 15.9 Å². The molecule has 1 atom stereocenters. The highest BCUT2D eigenvalue weighted by Crippen LogP contribution is 2.24. The van der Waals surface area contributed by atoms with Crippen molar-refractivity contribution in [1.29, 1.82) is 0 Å². The second-order valence-electron chi connectivity index (χ2n) is 5.03. The molecule has 0 spiro atoms. The van der Waals surface area contributed by atoms with Gasteiger partial charge in [0.2, 0.25) is 0 Å². The Hall–Kier alpha value is -1.77. The SMILES string of the molecule is CC(C)Oc1cc(Br)cc(C(=O)NC(CC(F)(F)F)C(=O)O)c1. The number of carbonyl (C=O) groups is 2. The number of carboxylic acid groups (broad SMARTS) is 1. The molecular formula is C14H15BrF3NO4. The summed E-state index contributed by atoms with van der Waals surface area (Å²) >= 11 is 3.16. The predicted octanol–water partition coefficient (Wildman–Crippen LogP) is 3.37. The Balaban J connectivity index is 2.95. The van der Waals surface area contributed by atoms with Crippen LogP contribution in [-0.2, 0) is 4.79 Å². The number of ether oxygens (including phenoxy) is 1. The zero-order chi connectivity index (χ0) is 17.8. The summed E-state index contributed by atoms with van der Waals surface area (Å²) in [5.41, 5.74) is -0.0107. The van der Waals surface area contributed by atoms with Crippen LogP contribution >= 0.6 is 15.9 Å². The van der Waals surface area contributed by atoms with Crippen LogP contribution in [-0.4, -0.2) is 35.3 Å². The normalized spacial score (nSPS) is 12.8. The first-order valence-corrected chi connectivity index (χ1v) is 7.35. The molecule has 0 aromatic heterocycles. The molecular weight excluding hydrogens is 383 g/mol. The third-order valence-corrected chi connectivity index (χ3v) is 3.00. The van der Waals surface area contributed by atoms with Gasteiger partial charge in [-0.05, 0) is 32.0 Å². The number of carbonyl (C=O) groups excluding carboxylic acids is 1. The maximum Gasteiger partial charge on any atom is 0.391 e. The van der Waals surface area contributed by atoms with Gasteiger partial charge in [-0.1, -0.05) is 15.9 Å². The second kappa shape index (κ2) is 7.67. The van der Waals surface area contributed by atoms with Crippen LogP contribution in [0.25, 0.3) is 0 Å². The van der Waals surface area contributed by atoms with E-state index >= 15 is 0 Å². The van der Waals surface area contributed by atoms with Gasteiger partial charge in [-0.25, -0.2) is 4.79 Å². The first kappa shape index (κ1) is 19.3. The Bertz CT molecular complexity index is 590. The minimum Gasteiger partial charge on any atom is -0.491 e. The summed E-state index contributed by atoms with van der Waals surface area (Å²) in [6, 6.07) is 2.21. The standard InChI is InChI=1S/C14H15BrF3NO4/c1-7(2)23-10-4-8(3-9(15)5-10)12(20)19-11(13(21)22)6-14(16,17)18/h3-5,7,11H,6H2,1-2H3,(H,19,20)(H,21,22). The number of benzene rings is 1. The molecule has 1 rings (SSSR count). The number of alkyl halides is 3. The molecule has 0 saturated carbocycles. The third-order valence-electron chi connectivity index (χ3n) is 2.54. The van der Waals surface area contributed by atoms with Crippen molar-refractivity contribution >= 4 is 27.8 Å². The van der Waals surface area contributed by atoms with Crippen LogP contribution in [0.5, 0.6) is 5.75 Å². The smallest absolute Gasteiger partial charge is 0.391 e. The average Bonchev–Trinajstić information content (AvgIpc) is 2.34. The molecule has 5 nitrogen and oxygen atoms in total. The number of carboxylic acids is 1. The van der Waals surface area contributed by atoms with Crippen LogP contribution in [0.4, 0.5) is 13.2 Å². The molecule has 1 aromatic rings. The summed E-state index contributed by atoms with van der Waals surface area (Å²) in [6.45, 7) is 3.54. The van der Waals surface area contributed by atoms with E-state index in [9.17, 15) is 22.8 Å². The largest absolute Gasteiger partial charge is 0.491 e. The molecule has 0 heterocycles. The second-order valence-corrected chi connectivity index (χ2v) is 5.94. The molecule has 128 valence electrons. The number of nitrogens with one attached hydrogen (secondary N) is 1. The summed E-state index contributed by atoms with van der Waals surface area (Å²) in [4.78, 5) is 22.9. The lowest BCUT2D eigenvalue weighted by Crippen LogP contribution is -2.43. The van der Waals surface area contributed by atoms with E-state index in [1.807, 2.05) is 5.32 Å². The van der Waals surface area contributed by atoms with Crippen molar-refractivity contribution in [3.05, 3.63) is 28.2 Å². The van der Waals surface area contributed by atoms with Gasteiger partial charge in [0.05, 0.1) is 12.5 Å². The monoisotopic (exact) mass is 397 g/mol. The van der Waals surface area contributed by atoms with Gasteiger partial charge in [-0.2, -0.15) is 13.2 Å². The fourth-order valence-electron chi connectivity index (χ4n) is 1.71. The summed E-state index contributed by atoms with van der Waals surface area (Å²) in [5, 5.41) is 10.7. The van der Waals surface area contributed by atoms with E-state index in [0.29, 0.717) is 10.2 Å². The summed E-state index contributed by atoms with van der Waals surface area (Å²) in [5.74, 6) is -2.36. The molecule has 9 heteroatoms. The molecule has 2 N–H and O–H groups in total. The molecule has 0 aliphatic carbocycles. The number of rotatable bonds is 6. The van der Waals surface area contributed by atoms with E-state index in [4.69, 9.17) is 9.84 Å². The summed E-state index contributed by atoms with van der Waals surface area (Å²) in [7, 11) is 0. The van der Waals surface area contributed by atoms with Crippen molar-refractivity contribution < 1.29 is 32.6 Å². The van der Waals surface area contributed by atoms with Gasteiger partial charge in [-0.15, -0.1) is 0 Å². The maximum atomic E-state index is 12.3. The number of aliphatic carboxylic acids is 1. The van der Waals surface area contributed by atoms with Gasteiger partial charge in [0, 0.05) is 10.0 Å². The minimum atomic E-state index is -4.71. The number of amides is 1. The predicted molar refractivity (Wildman–Crippen MR) is 79.5 cm³/mol. The lowest BCUT2D eigenvalue weighted by molar-refractivity contribution is -0.157. The Labute approximate surface area is 138 Å². The Morgan fingerprint density at radius 3 is 2.39 bits per heavy atom. The van der Waals surface area contributed by atoms with Gasteiger partial charge in [0.15, 0.2) is 0 Å². The number of hydrogen-bond donors (Lipinski definition) is 2. The Morgan fingerprint density at radius 1 is 1.30 bits per heavy atom. The highest BCUT2D eigenvalue weighted by Gasteiger charge is 2.36. The number of halogens is 4. The van der Waals surface area contributed by atoms with Gasteiger partial charge in [-0.3, -0.25) is 4.79 Å². The summed E-state index contributed by atoms with van der Waals surface area (Å²) in [6.07, 6.45) is -6.53.